The van der Waals surface area contributed by atoms with Gasteiger partial charge in [-0.05, 0) is 62.2 Å². The number of methoxy groups -OCH3 is 1. The van der Waals surface area contributed by atoms with Crippen molar-refractivity contribution in [3.8, 4) is 11.5 Å². The van der Waals surface area contributed by atoms with Crippen molar-refractivity contribution in [2.45, 2.75) is 19.8 Å². The van der Waals surface area contributed by atoms with Gasteiger partial charge in [-0.2, -0.15) is 5.10 Å². The molecule has 3 aromatic rings. The Bertz CT molecular complexity index is 1160. The van der Waals surface area contributed by atoms with Gasteiger partial charge in [-0.3, -0.25) is 9.59 Å². The number of nitrogens with zero attached hydrogens (tertiary/aromatic N) is 3. The summed E-state index contributed by atoms with van der Waals surface area (Å²) in [6.45, 7) is 2.96. The number of hydrazone groups is 1. The van der Waals surface area contributed by atoms with Crippen LogP contribution >= 0.6 is 0 Å². The lowest BCUT2D eigenvalue weighted by molar-refractivity contribution is 0.0751. The van der Waals surface area contributed by atoms with Crippen LogP contribution in [0.15, 0.2) is 64.4 Å². The van der Waals surface area contributed by atoms with Crippen LogP contribution in [0.4, 0.5) is 5.69 Å². The Morgan fingerprint density at radius 2 is 1.94 bits per heavy atom. The summed E-state index contributed by atoms with van der Waals surface area (Å²) in [6.07, 6.45) is 2.95. The van der Waals surface area contributed by atoms with Gasteiger partial charge in [0.25, 0.3) is 11.8 Å². The smallest absolute Gasteiger partial charge is 0.294 e. The van der Waals surface area contributed by atoms with Crippen LogP contribution in [0.25, 0.3) is 0 Å². The van der Waals surface area contributed by atoms with Crippen LogP contribution in [0.1, 0.15) is 46.2 Å². The van der Waals surface area contributed by atoms with Crippen LogP contribution in [0.3, 0.4) is 0 Å². The number of hydrogen-bond donors (Lipinski definition) is 1. The fraction of sp³-hybridized carbons (Fsp3) is 0.250. The zero-order valence-electron chi connectivity index (χ0n) is 18.4. The van der Waals surface area contributed by atoms with Crippen LogP contribution in [-0.2, 0) is 0 Å². The minimum atomic E-state index is -0.414. The summed E-state index contributed by atoms with van der Waals surface area (Å²) >= 11 is 0. The number of carbonyl (C=O) groups excluding carboxylic acids is 2. The van der Waals surface area contributed by atoms with E-state index in [-0.39, 0.29) is 11.7 Å². The molecule has 0 aliphatic carbocycles. The summed E-state index contributed by atoms with van der Waals surface area (Å²) in [7, 11) is 1.60. The van der Waals surface area contributed by atoms with Crippen molar-refractivity contribution in [2.75, 3.05) is 25.6 Å². The molecular weight excluding hydrogens is 424 g/mol. The Morgan fingerprint density at radius 3 is 2.64 bits per heavy atom. The van der Waals surface area contributed by atoms with Gasteiger partial charge in [0.2, 0.25) is 5.76 Å². The van der Waals surface area contributed by atoms with E-state index in [1.807, 2.05) is 25.1 Å². The zero-order valence-corrected chi connectivity index (χ0v) is 18.4. The molecular formula is C24H24N4O5. The fourth-order valence-electron chi connectivity index (χ4n) is 3.49. The molecule has 1 N–H and O–H groups in total. The highest BCUT2D eigenvalue weighted by atomic mass is 16.5. The predicted octanol–water partition coefficient (Wildman–Crippen LogP) is 3.97. The van der Waals surface area contributed by atoms with E-state index < -0.39 is 5.91 Å². The first-order chi connectivity index (χ1) is 16.1. The lowest BCUT2D eigenvalue weighted by Gasteiger charge is -2.24. The van der Waals surface area contributed by atoms with Crippen LogP contribution in [0.5, 0.6) is 11.5 Å². The van der Waals surface area contributed by atoms with E-state index in [1.54, 1.807) is 31.4 Å². The highest BCUT2D eigenvalue weighted by Crippen LogP contribution is 2.29. The molecule has 0 saturated carbocycles. The summed E-state index contributed by atoms with van der Waals surface area (Å²) in [6, 6.07) is 13.8. The number of ether oxygens (including phenoxy) is 2. The predicted molar refractivity (Wildman–Crippen MR) is 122 cm³/mol. The molecule has 0 radical (unpaired) electrons. The van der Waals surface area contributed by atoms with Crippen molar-refractivity contribution in [3.63, 3.8) is 0 Å². The van der Waals surface area contributed by atoms with Gasteiger partial charge >= 0.3 is 0 Å². The third kappa shape index (κ3) is 5.03. The molecule has 0 spiro atoms. The number of anilines is 1. The first-order valence-corrected chi connectivity index (χ1v) is 10.6. The molecule has 2 amide bonds. The van der Waals surface area contributed by atoms with Gasteiger partial charge in [-0.25, -0.2) is 5.01 Å². The molecule has 9 heteroatoms. The Kier molecular flexibility index (Phi) is 6.68. The number of benzene rings is 2. The van der Waals surface area contributed by atoms with E-state index >= 15 is 0 Å². The number of rotatable bonds is 7. The Labute approximate surface area is 191 Å². The quantitative estimate of drug-likeness (QED) is 0.586. The van der Waals surface area contributed by atoms with Crippen LogP contribution in [0.2, 0.25) is 0 Å². The molecule has 2 aromatic carbocycles. The number of nitrogens with one attached hydrogen (secondary N) is 1. The average Bonchev–Trinajstić information content (AvgIpc) is 3.40. The maximum absolute atomic E-state index is 13.0. The zero-order chi connectivity index (χ0) is 23.2. The molecule has 0 bridgehead atoms. The molecule has 9 nitrogen and oxygen atoms in total. The fourth-order valence-corrected chi connectivity index (χ4v) is 3.49. The van der Waals surface area contributed by atoms with Gasteiger partial charge in [0, 0.05) is 29.4 Å². The Morgan fingerprint density at radius 1 is 1.12 bits per heavy atom. The van der Waals surface area contributed by atoms with Gasteiger partial charge in [-0.15, -0.1) is 0 Å². The second-order valence-corrected chi connectivity index (χ2v) is 7.29. The van der Waals surface area contributed by atoms with Gasteiger partial charge in [-0.1, -0.05) is 5.16 Å². The molecule has 1 aromatic heterocycles. The van der Waals surface area contributed by atoms with E-state index in [2.05, 4.69) is 15.6 Å². The maximum atomic E-state index is 13.0. The molecule has 0 fully saturated rings. The first-order valence-electron chi connectivity index (χ1n) is 10.6. The van der Waals surface area contributed by atoms with E-state index in [1.165, 1.54) is 17.3 Å². The Hall–Kier alpha value is -4.14. The van der Waals surface area contributed by atoms with E-state index in [9.17, 15) is 9.59 Å². The largest absolute Gasteiger partial charge is 0.493 e. The molecule has 170 valence electrons. The van der Waals surface area contributed by atoms with E-state index in [0.29, 0.717) is 35.9 Å². The third-order valence-electron chi connectivity index (χ3n) is 5.11. The summed E-state index contributed by atoms with van der Waals surface area (Å²) in [4.78, 5) is 25.1. The van der Waals surface area contributed by atoms with Crippen LogP contribution in [-0.4, -0.2) is 48.0 Å². The number of hydrogen-bond acceptors (Lipinski definition) is 7. The third-order valence-corrected chi connectivity index (χ3v) is 5.11. The van der Waals surface area contributed by atoms with E-state index in [0.717, 1.165) is 24.1 Å². The molecule has 1 aliphatic rings. The standard InChI is InChI=1S/C24H24N4O5/c1-3-32-22-15-17(8-11-20(22)31-2)19-5-4-14-28(27-19)24(30)16-6-9-18(10-7-16)26-23(29)21-12-13-25-33-21/h6-13,15H,3-5,14H2,1-2H3,(H,26,29). The Balaban J connectivity index is 1.48. The minimum absolute atomic E-state index is 0.108. The van der Waals surface area contributed by atoms with Crippen LogP contribution in [0, 0.1) is 0 Å². The summed E-state index contributed by atoms with van der Waals surface area (Å²) < 4.78 is 15.9. The van der Waals surface area contributed by atoms with Gasteiger partial charge in [0.05, 0.1) is 25.6 Å². The molecule has 33 heavy (non-hydrogen) atoms. The van der Waals surface area contributed by atoms with Crippen molar-refractivity contribution in [1.29, 1.82) is 0 Å². The molecule has 4 rings (SSSR count). The number of amides is 2. The second kappa shape index (κ2) is 9.99. The first kappa shape index (κ1) is 22.1. The van der Waals surface area contributed by atoms with Gasteiger partial charge in [0.15, 0.2) is 11.5 Å². The molecule has 1 aliphatic heterocycles. The van der Waals surface area contributed by atoms with Gasteiger partial charge in [0.1, 0.15) is 0 Å². The summed E-state index contributed by atoms with van der Waals surface area (Å²) in [5.41, 5.74) is 2.72. The summed E-state index contributed by atoms with van der Waals surface area (Å²) in [5.74, 6) is 0.782. The van der Waals surface area contributed by atoms with E-state index in [4.69, 9.17) is 14.0 Å². The SMILES string of the molecule is CCOc1cc(C2=NN(C(=O)c3ccc(NC(=O)c4ccno4)cc3)CCC2)ccc1OC. The van der Waals surface area contributed by atoms with Crippen molar-refractivity contribution < 1.29 is 23.6 Å². The van der Waals surface area contributed by atoms with Crippen molar-refractivity contribution in [2.24, 2.45) is 5.10 Å². The molecule has 2 heterocycles. The normalized spacial score (nSPS) is 13.3. The summed E-state index contributed by atoms with van der Waals surface area (Å²) in [5, 5.41) is 12.3. The lowest BCUT2D eigenvalue weighted by Crippen LogP contribution is -2.32. The molecule has 0 atom stereocenters. The molecule has 0 unspecified atom stereocenters. The van der Waals surface area contributed by atoms with Gasteiger partial charge < -0.3 is 19.3 Å². The highest BCUT2D eigenvalue weighted by molar-refractivity contribution is 6.04. The number of carbonyl (C=O) groups is 2. The van der Waals surface area contributed by atoms with Crippen molar-refractivity contribution in [3.05, 3.63) is 71.6 Å². The minimum Gasteiger partial charge on any atom is -0.493 e. The van der Waals surface area contributed by atoms with Crippen molar-refractivity contribution >= 4 is 23.2 Å². The maximum Gasteiger partial charge on any atom is 0.294 e. The molecule has 0 saturated heterocycles. The second-order valence-electron chi connectivity index (χ2n) is 7.29. The average molecular weight is 448 g/mol. The topological polar surface area (TPSA) is 106 Å². The number of aromatic nitrogens is 1. The van der Waals surface area contributed by atoms with Crippen LogP contribution < -0.4 is 14.8 Å². The van der Waals surface area contributed by atoms with Crippen molar-refractivity contribution in [1.82, 2.24) is 10.2 Å². The lowest BCUT2D eigenvalue weighted by atomic mass is 10.0. The monoisotopic (exact) mass is 448 g/mol. The highest BCUT2D eigenvalue weighted by Gasteiger charge is 2.22.